The van der Waals surface area contributed by atoms with E-state index in [4.69, 9.17) is 9.47 Å². The Labute approximate surface area is 180 Å². The number of aryl methyl sites for hydroxylation is 1. The van der Waals surface area contributed by atoms with Gasteiger partial charge in [-0.3, -0.25) is 0 Å². The van der Waals surface area contributed by atoms with Crippen LogP contribution in [0.2, 0.25) is 0 Å². The highest BCUT2D eigenvalue weighted by Crippen LogP contribution is 2.32. The van der Waals surface area contributed by atoms with Gasteiger partial charge in [-0.2, -0.15) is 5.10 Å². The Morgan fingerprint density at radius 1 is 1.16 bits per heavy atom. The number of esters is 1. The lowest BCUT2D eigenvalue weighted by Crippen LogP contribution is -2.06. The second kappa shape index (κ2) is 8.65. The number of thiazole rings is 1. The Kier molecular flexibility index (Phi) is 5.77. The summed E-state index contributed by atoms with van der Waals surface area (Å²) >= 11 is 1.05. The summed E-state index contributed by atoms with van der Waals surface area (Å²) in [4.78, 5) is 17.1. The summed E-state index contributed by atoms with van der Waals surface area (Å²) in [7, 11) is 1.46. The summed E-state index contributed by atoms with van der Waals surface area (Å²) in [6.07, 6.45) is 1.65. The number of nitrogens with zero attached hydrogens (tertiary/aromatic N) is 3. The third kappa shape index (κ3) is 4.46. The van der Waals surface area contributed by atoms with Gasteiger partial charge in [0.15, 0.2) is 0 Å². The summed E-state index contributed by atoms with van der Waals surface area (Å²) in [6, 6.07) is 12.1. The zero-order chi connectivity index (χ0) is 22.0. The van der Waals surface area contributed by atoms with E-state index in [1.165, 1.54) is 30.0 Å². The molecule has 0 radical (unpaired) electrons. The second-order valence-electron chi connectivity index (χ2n) is 6.59. The average molecular weight is 441 g/mol. The molecular weight excluding hydrogens is 424 g/mol. The fourth-order valence-corrected chi connectivity index (χ4v) is 3.89. The molecule has 0 unspecified atom stereocenters. The zero-order valence-corrected chi connectivity index (χ0v) is 17.5. The predicted molar refractivity (Wildman–Crippen MR) is 111 cm³/mol. The molecule has 4 rings (SSSR count). The minimum atomic E-state index is -0.574. The van der Waals surface area contributed by atoms with Gasteiger partial charge in [0.05, 0.1) is 18.5 Å². The average Bonchev–Trinajstić information content (AvgIpc) is 3.39. The van der Waals surface area contributed by atoms with Crippen LogP contribution in [0.15, 0.2) is 54.7 Å². The third-order valence-electron chi connectivity index (χ3n) is 4.46. The van der Waals surface area contributed by atoms with Crippen LogP contribution < -0.4 is 4.74 Å². The van der Waals surface area contributed by atoms with Gasteiger partial charge in [-0.1, -0.05) is 6.07 Å². The standard InChI is InChI=1S/C22H17F2N3O3S/c1-13-20(31-21(25-13)18-7-6-17(29-2)11-19(18)24)22(28)30-12-15-8-9-27(26-15)16-5-3-4-14(23)10-16/h3-11H,12H2,1-2H3. The van der Waals surface area contributed by atoms with E-state index in [2.05, 4.69) is 10.1 Å². The van der Waals surface area contributed by atoms with Crippen molar-refractivity contribution in [2.75, 3.05) is 7.11 Å². The molecule has 2 aromatic carbocycles. The zero-order valence-electron chi connectivity index (χ0n) is 16.6. The molecule has 0 saturated heterocycles. The van der Waals surface area contributed by atoms with Crippen molar-refractivity contribution < 1.29 is 23.0 Å². The van der Waals surface area contributed by atoms with E-state index < -0.39 is 11.8 Å². The van der Waals surface area contributed by atoms with Gasteiger partial charge in [-0.15, -0.1) is 11.3 Å². The summed E-state index contributed by atoms with van der Waals surface area (Å²) in [5, 5.41) is 4.66. The van der Waals surface area contributed by atoms with Crippen LogP contribution in [0, 0.1) is 18.6 Å². The van der Waals surface area contributed by atoms with E-state index in [-0.39, 0.29) is 22.9 Å². The molecule has 31 heavy (non-hydrogen) atoms. The van der Waals surface area contributed by atoms with Crippen LogP contribution in [0.4, 0.5) is 8.78 Å². The number of carbonyl (C=O) groups excluding carboxylic acids is 1. The first-order chi connectivity index (χ1) is 14.9. The molecule has 2 heterocycles. The first-order valence-corrected chi connectivity index (χ1v) is 10.0. The summed E-state index contributed by atoms with van der Waals surface area (Å²) in [5.41, 5.74) is 1.79. The Bertz CT molecular complexity index is 1250. The molecule has 0 N–H and O–H groups in total. The molecule has 2 aromatic heterocycles. The number of hydrogen-bond acceptors (Lipinski definition) is 6. The first-order valence-electron chi connectivity index (χ1n) is 9.23. The lowest BCUT2D eigenvalue weighted by atomic mass is 10.2. The van der Waals surface area contributed by atoms with Gasteiger partial charge in [-0.05, 0) is 43.3 Å². The highest BCUT2D eigenvalue weighted by atomic mass is 32.1. The molecule has 9 heteroatoms. The maximum absolute atomic E-state index is 14.3. The van der Waals surface area contributed by atoms with E-state index >= 15 is 0 Å². The topological polar surface area (TPSA) is 66.2 Å². The van der Waals surface area contributed by atoms with Gasteiger partial charge < -0.3 is 9.47 Å². The van der Waals surface area contributed by atoms with Crippen molar-refractivity contribution in [3.05, 3.63) is 82.6 Å². The molecule has 0 atom stereocenters. The number of aromatic nitrogens is 3. The number of ether oxygens (including phenoxy) is 2. The van der Waals surface area contributed by atoms with Crippen molar-refractivity contribution >= 4 is 17.3 Å². The second-order valence-corrected chi connectivity index (χ2v) is 7.59. The van der Waals surface area contributed by atoms with Crippen molar-refractivity contribution in [2.24, 2.45) is 0 Å². The minimum absolute atomic E-state index is 0.0648. The van der Waals surface area contributed by atoms with Crippen LogP contribution in [0.25, 0.3) is 16.3 Å². The number of hydrogen-bond donors (Lipinski definition) is 0. The fourth-order valence-electron chi connectivity index (χ4n) is 2.90. The quantitative estimate of drug-likeness (QED) is 0.396. The van der Waals surface area contributed by atoms with Gasteiger partial charge in [0.2, 0.25) is 0 Å². The highest BCUT2D eigenvalue weighted by molar-refractivity contribution is 7.17. The number of rotatable bonds is 6. The number of halogens is 2. The summed E-state index contributed by atoms with van der Waals surface area (Å²) < 4.78 is 39.6. The van der Waals surface area contributed by atoms with Crippen LogP contribution in [0.3, 0.4) is 0 Å². The SMILES string of the molecule is COc1ccc(-c2nc(C)c(C(=O)OCc3ccn(-c4cccc(F)c4)n3)s2)c(F)c1. The Morgan fingerprint density at radius 3 is 2.74 bits per heavy atom. The normalized spacial score (nSPS) is 10.8. The minimum Gasteiger partial charge on any atom is -0.497 e. The lowest BCUT2D eigenvalue weighted by Gasteiger charge is -2.03. The van der Waals surface area contributed by atoms with Crippen LogP contribution in [-0.2, 0) is 11.3 Å². The molecule has 0 saturated carbocycles. The molecule has 0 aliphatic heterocycles. The van der Waals surface area contributed by atoms with Gasteiger partial charge in [0.25, 0.3) is 0 Å². The Balaban J connectivity index is 1.46. The summed E-state index contributed by atoms with van der Waals surface area (Å²) in [5.74, 6) is -1.04. The van der Waals surface area contributed by atoms with Crippen LogP contribution in [0.1, 0.15) is 21.1 Å². The van der Waals surface area contributed by atoms with Crippen molar-refractivity contribution in [1.82, 2.24) is 14.8 Å². The number of benzene rings is 2. The van der Waals surface area contributed by atoms with Crippen molar-refractivity contribution in [1.29, 1.82) is 0 Å². The van der Waals surface area contributed by atoms with E-state index in [0.29, 0.717) is 27.8 Å². The monoisotopic (exact) mass is 441 g/mol. The van der Waals surface area contributed by atoms with Crippen molar-refractivity contribution in [3.8, 4) is 22.0 Å². The van der Waals surface area contributed by atoms with Gasteiger partial charge in [0.1, 0.15) is 39.6 Å². The highest BCUT2D eigenvalue weighted by Gasteiger charge is 2.20. The largest absolute Gasteiger partial charge is 0.497 e. The Hall–Kier alpha value is -3.59. The lowest BCUT2D eigenvalue weighted by molar-refractivity contribution is 0.0472. The van der Waals surface area contributed by atoms with Gasteiger partial charge >= 0.3 is 5.97 Å². The van der Waals surface area contributed by atoms with Crippen LogP contribution >= 0.6 is 11.3 Å². The first kappa shape index (κ1) is 20.7. The van der Waals surface area contributed by atoms with Crippen molar-refractivity contribution in [2.45, 2.75) is 13.5 Å². The molecule has 0 bridgehead atoms. The van der Waals surface area contributed by atoms with Crippen LogP contribution in [0.5, 0.6) is 5.75 Å². The molecule has 0 aliphatic carbocycles. The van der Waals surface area contributed by atoms with Gasteiger partial charge in [0, 0.05) is 17.8 Å². The number of carbonyl (C=O) groups is 1. The van der Waals surface area contributed by atoms with Gasteiger partial charge in [-0.25, -0.2) is 23.2 Å². The molecule has 6 nitrogen and oxygen atoms in total. The predicted octanol–water partition coefficient (Wildman–Crippen LogP) is 4.95. The maximum Gasteiger partial charge on any atom is 0.350 e. The molecule has 0 spiro atoms. The van der Waals surface area contributed by atoms with E-state index in [1.807, 2.05) is 0 Å². The van der Waals surface area contributed by atoms with E-state index in [9.17, 15) is 13.6 Å². The van der Waals surface area contributed by atoms with Crippen LogP contribution in [-0.4, -0.2) is 27.8 Å². The number of methoxy groups -OCH3 is 1. The fraction of sp³-hybridized carbons (Fsp3) is 0.136. The van der Waals surface area contributed by atoms with E-state index in [1.54, 1.807) is 43.5 Å². The molecule has 4 aromatic rings. The molecular formula is C22H17F2N3O3S. The van der Waals surface area contributed by atoms with Crippen molar-refractivity contribution in [3.63, 3.8) is 0 Å². The van der Waals surface area contributed by atoms with E-state index in [0.717, 1.165) is 11.3 Å². The molecule has 0 fully saturated rings. The molecule has 158 valence electrons. The maximum atomic E-state index is 14.3. The third-order valence-corrected chi connectivity index (χ3v) is 5.63. The molecule has 0 aliphatic rings. The smallest absolute Gasteiger partial charge is 0.350 e. The Morgan fingerprint density at radius 2 is 2.00 bits per heavy atom. The molecule has 0 amide bonds. The summed E-state index contributed by atoms with van der Waals surface area (Å²) in [6.45, 7) is 1.60.